The number of thiazole rings is 1. The Morgan fingerprint density at radius 3 is 2.89 bits per heavy atom. The number of nitrogens with zero attached hydrogens (tertiary/aromatic N) is 3. The number of hydrogen-bond acceptors (Lipinski definition) is 5. The second-order valence-corrected chi connectivity index (χ2v) is 5.41. The molecule has 2 aromatic heterocycles. The topological polar surface area (TPSA) is 55.0 Å². The van der Waals surface area contributed by atoms with Crippen LogP contribution in [0.5, 0.6) is 0 Å². The zero-order valence-electron chi connectivity index (χ0n) is 10.8. The third-order valence-corrected chi connectivity index (χ3v) is 3.54. The smallest absolute Gasteiger partial charge is 0.0897 e. The molecule has 0 saturated carbocycles. The van der Waals surface area contributed by atoms with Crippen molar-refractivity contribution in [1.29, 1.82) is 0 Å². The first kappa shape index (κ1) is 13.1. The van der Waals surface area contributed by atoms with Crippen molar-refractivity contribution in [2.24, 2.45) is 5.73 Å². The maximum absolute atomic E-state index is 5.71. The second kappa shape index (κ2) is 6.04. The molecular formula is C13H18N4S. The highest BCUT2D eigenvalue weighted by Crippen LogP contribution is 2.12. The molecule has 0 radical (unpaired) electrons. The maximum atomic E-state index is 5.71. The Bertz CT molecular complexity index is 509. The second-order valence-electron chi connectivity index (χ2n) is 4.34. The highest BCUT2D eigenvalue weighted by molar-refractivity contribution is 7.09. The van der Waals surface area contributed by atoms with E-state index in [2.05, 4.69) is 27.3 Å². The average molecular weight is 262 g/mol. The number of hydrogen-bond donors (Lipinski definition) is 1. The summed E-state index contributed by atoms with van der Waals surface area (Å²) in [5.41, 5.74) is 8.99. The van der Waals surface area contributed by atoms with Crippen molar-refractivity contribution >= 4 is 11.3 Å². The predicted molar refractivity (Wildman–Crippen MR) is 74.2 cm³/mol. The highest BCUT2D eigenvalue weighted by atomic mass is 32.1. The molecule has 0 atom stereocenters. The van der Waals surface area contributed by atoms with Gasteiger partial charge in [-0.05, 0) is 25.6 Å². The summed E-state index contributed by atoms with van der Waals surface area (Å²) in [5, 5.41) is 3.22. The summed E-state index contributed by atoms with van der Waals surface area (Å²) in [7, 11) is 2.07. The lowest BCUT2D eigenvalue weighted by molar-refractivity contribution is 0.310. The van der Waals surface area contributed by atoms with E-state index in [1.165, 1.54) is 0 Å². The van der Waals surface area contributed by atoms with Crippen LogP contribution in [0.25, 0.3) is 0 Å². The van der Waals surface area contributed by atoms with Crippen molar-refractivity contribution in [3.63, 3.8) is 0 Å². The van der Waals surface area contributed by atoms with Gasteiger partial charge in [0.05, 0.1) is 16.4 Å². The van der Waals surface area contributed by atoms with Gasteiger partial charge in [0.1, 0.15) is 0 Å². The average Bonchev–Trinajstić information content (AvgIpc) is 2.75. The van der Waals surface area contributed by atoms with Gasteiger partial charge in [-0.1, -0.05) is 6.07 Å². The van der Waals surface area contributed by atoms with Gasteiger partial charge in [-0.2, -0.15) is 0 Å². The van der Waals surface area contributed by atoms with Crippen molar-refractivity contribution in [1.82, 2.24) is 14.9 Å². The van der Waals surface area contributed by atoms with Gasteiger partial charge >= 0.3 is 0 Å². The molecule has 2 N–H and O–H groups in total. The maximum Gasteiger partial charge on any atom is 0.0897 e. The minimum atomic E-state index is 0.535. The van der Waals surface area contributed by atoms with Crippen molar-refractivity contribution < 1.29 is 0 Å². The number of aromatic nitrogens is 2. The Labute approximate surface area is 111 Å². The Kier molecular flexibility index (Phi) is 4.41. The normalized spacial score (nSPS) is 11.1. The van der Waals surface area contributed by atoms with E-state index in [1.807, 2.05) is 25.3 Å². The lowest BCUT2D eigenvalue weighted by Crippen LogP contribution is -2.20. The third kappa shape index (κ3) is 3.35. The van der Waals surface area contributed by atoms with E-state index in [4.69, 9.17) is 5.73 Å². The van der Waals surface area contributed by atoms with Gasteiger partial charge in [-0.15, -0.1) is 11.3 Å². The molecule has 0 aliphatic carbocycles. The van der Waals surface area contributed by atoms with Crippen molar-refractivity contribution in [3.8, 4) is 0 Å². The molecule has 0 saturated heterocycles. The fourth-order valence-corrected chi connectivity index (χ4v) is 2.47. The van der Waals surface area contributed by atoms with Crippen LogP contribution in [0.4, 0.5) is 0 Å². The molecule has 2 aromatic rings. The van der Waals surface area contributed by atoms with Crippen LogP contribution in [0.15, 0.2) is 23.7 Å². The van der Waals surface area contributed by atoms with Crippen LogP contribution in [0, 0.1) is 6.92 Å². The molecule has 18 heavy (non-hydrogen) atoms. The Hall–Kier alpha value is -1.30. The van der Waals surface area contributed by atoms with Gasteiger partial charge in [-0.25, -0.2) is 4.98 Å². The molecule has 96 valence electrons. The van der Waals surface area contributed by atoms with Gasteiger partial charge in [0.25, 0.3) is 0 Å². The standard InChI is InChI=1S/C13H18N4S/c1-10-16-12(9-18-10)7-17(2)8-13-11(6-14)4-3-5-15-13/h3-5,9H,6-8,14H2,1-2H3. The van der Waals surface area contributed by atoms with Crippen LogP contribution in [-0.2, 0) is 19.6 Å². The number of nitrogens with two attached hydrogens (primary N) is 1. The SMILES string of the molecule is Cc1nc(CN(C)Cc2ncccc2CN)cs1. The molecule has 0 fully saturated rings. The molecule has 0 aliphatic heterocycles. The molecule has 2 rings (SSSR count). The van der Waals surface area contributed by atoms with Crippen molar-refractivity contribution in [2.45, 2.75) is 26.6 Å². The van der Waals surface area contributed by atoms with E-state index in [-0.39, 0.29) is 0 Å². The van der Waals surface area contributed by atoms with Crippen LogP contribution in [0.1, 0.15) is 22.0 Å². The van der Waals surface area contributed by atoms with Gasteiger partial charge in [0.15, 0.2) is 0 Å². The van der Waals surface area contributed by atoms with E-state index >= 15 is 0 Å². The minimum absolute atomic E-state index is 0.535. The number of pyridine rings is 1. The van der Waals surface area contributed by atoms with Crippen LogP contribution in [-0.4, -0.2) is 21.9 Å². The van der Waals surface area contributed by atoms with Gasteiger partial charge < -0.3 is 5.73 Å². The molecule has 0 aromatic carbocycles. The molecular weight excluding hydrogens is 244 g/mol. The summed E-state index contributed by atoms with van der Waals surface area (Å²) in [6.07, 6.45) is 1.81. The van der Waals surface area contributed by atoms with Crippen molar-refractivity contribution in [3.05, 3.63) is 45.7 Å². The zero-order chi connectivity index (χ0) is 13.0. The highest BCUT2D eigenvalue weighted by Gasteiger charge is 2.08. The molecule has 4 nitrogen and oxygen atoms in total. The van der Waals surface area contributed by atoms with Crippen LogP contribution >= 0.6 is 11.3 Å². The summed E-state index contributed by atoms with van der Waals surface area (Å²) >= 11 is 1.69. The molecule has 5 heteroatoms. The Balaban J connectivity index is 2.00. The lowest BCUT2D eigenvalue weighted by Gasteiger charge is -2.16. The Morgan fingerprint density at radius 2 is 2.22 bits per heavy atom. The summed E-state index contributed by atoms with van der Waals surface area (Å²) in [5.74, 6) is 0. The quantitative estimate of drug-likeness (QED) is 0.894. The van der Waals surface area contributed by atoms with E-state index in [1.54, 1.807) is 11.3 Å². The van der Waals surface area contributed by atoms with E-state index < -0.39 is 0 Å². The zero-order valence-corrected chi connectivity index (χ0v) is 11.6. The first-order chi connectivity index (χ1) is 8.69. The van der Waals surface area contributed by atoms with Crippen molar-refractivity contribution in [2.75, 3.05) is 7.05 Å². The van der Waals surface area contributed by atoms with Gasteiger partial charge in [0, 0.05) is 31.2 Å². The molecule has 2 heterocycles. The van der Waals surface area contributed by atoms with Crippen LogP contribution < -0.4 is 5.73 Å². The summed E-state index contributed by atoms with van der Waals surface area (Å²) in [4.78, 5) is 11.1. The first-order valence-corrected chi connectivity index (χ1v) is 6.79. The molecule has 0 spiro atoms. The summed E-state index contributed by atoms with van der Waals surface area (Å²) in [6.45, 7) is 4.20. The largest absolute Gasteiger partial charge is 0.326 e. The third-order valence-electron chi connectivity index (χ3n) is 2.72. The van der Waals surface area contributed by atoms with Gasteiger partial charge in [-0.3, -0.25) is 9.88 Å². The minimum Gasteiger partial charge on any atom is -0.326 e. The number of rotatable bonds is 5. The predicted octanol–water partition coefficient (Wildman–Crippen LogP) is 1.94. The lowest BCUT2D eigenvalue weighted by atomic mass is 10.2. The molecule has 0 bridgehead atoms. The van der Waals surface area contributed by atoms with E-state index in [0.717, 1.165) is 35.0 Å². The van der Waals surface area contributed by atoms with E-state index in [9.17, 15) is 0 Å². The molecule has 0 unspecified atom stereocenters. The monoisotopic (exact) mass is 262 g/mol. The van der Waals surface area contributed by atoms with Gasteiger partial charge in [0.2, 0.25) is 0 Å². The summed E-state index contributed by atoms with van der Waals surface area (Å²) < 4.78 is 0. The number of aryl methyl sites for hydroxylation is 1. The summed E-state index contributed by atoms with van der Waals surface area (Å²) in [6, 6.07) is 3.96. The fourth-order valence-electron chi connectivity index (χ4n) is 1.87. The van der Waals surface area contributed by atoms with Crippen LogP contribution in [0.2, 0.25) is 0 Å². The molecule has 0 aliphatic rings. The van der Waals surface area contributed by atoms with Crippen LogP contribution in [0.3, 0.4) is 0 Å². The Morgan fingerprint density at radius 1 is 1.39 bits per heavy atom. The fraction of sp³-hybridized carbons (Fsp3) is 0.385. The molecule has 0 amide bonds. The van der Waals surface area contributed by atoms with E-state index in [0.29, 0.717) is 6.54 Å². The first-order valence-electron chi connectivity index (χ1n) is 5.91.